The number of nitrogens with one attached hydrogen (secondary N) is 2. The first-order chi connectivity index (χ1) is 11.8. The van der Waals surface area contributed by atoms with Gasteiger partial charge in [-0.05, 0) is 42.7 Å². The lowest BCUT2D eigenvalue weighted by molar-refractivity contribution is 0.292. The number of aryl methyl sites for hydroxylation is 1. The number of hydrogen-bond donors (Lipinski definition) is 3. The van der Waals surface area contributed by atoms with E-state index in [2.05, 4.69) is 39.7 Å². The van der Waals surface area contributed by atoms with E-state index in [0.717, 1.165) is 28.8 Å². The van der Waals surface area contributed by atoms with Crippen LogP contribution < -0.4 is 10.6 Å². The van der Waals surface area contributed by atoms with Gasteiger partial charge < -0.3 is 15.7 Å². The van der Waals surface area contributed by atoms with Crippen molar-refractivity contribution in [2.75, 3.05) is 23.8 Å². The van der Waals surface area contributed by atoms with Crippen molar-refractivity contribution in [1.29, 1.82) is 0 Å². The number of benzene rings is 2. The minimum absolute atomic E-state index is 0.158. The molecule has 24 heavy (non-hydrogen) atoms. The van der Waals surface area contributed by atoms with E-state index < -0.39 is 0 Å². The molecule has 0 bridgehead atoms. The van der Waals surface area contributed by atoms with Crippen LogP contribution in [0.15, 0.2) is 48.5 Å². The Kier molecular flexibility index (Phi) is 5.23. The average molecular weight is 322 g/mol. The van der Waals surface area contributed by atoms with Crippen molar-refractivity contribution in [2.45, 2.75) is 19.8 Å². The van der Waals surface area contributed by atoms with Crippen LogP contribution >= 0.6 is 0 Å². The standard InChI is InChI=1S/C19H22N4O/c1-2-14-8-10-15(11-9-14)21-19-22-17-7-4-3-6-16(17)18(23-19)20-12-5-13-24/h3-4,6-11,24H,2,5,12-13H2,1H3,(H2,20,21,22,23). The molecule has 3 rings (SSSR count). The molecule has 0 amide bonds. The lowest BCUT2D eigenvalue weighted by Crippen LogP contribution is -2.08. The number of aliphatic hydroxyl groups is 1. The van der Waals surface area contributed by atoms with E-state index in [-0.39, 0.29) is 6.61 Å². The third-order valence-corrected chi connectivity index (χ3v) is 3.85. The van der Waals surface area contributed by atoms with Crippen molar-refractivity contribution in [2.24, 2.45) is 0 Å². The Hall–Kier alpha value is -2.66. The first-order valence-electron chi connectivity index (χ1n) is 8.27. The van der Waals surface area contributed by atoms with Crippen molar-refractivity contribution in [3.05, 3.63) is 54.1 Å². The molecular formula is C19H22N4O. The van der Waals surface area contributed by atoms with E-state index in [1.165, 1.54) is 5.56 Å². The normalized spacial score (nSPS) is 10.8. The Labute approximate surface area is 141 Å². The second-order valence-corrected chi connectivity index (χ2v) is 5.59. The van der Waals surface area contributed by atoms with Gasteiger partial charge in [0.1, 0.15) is 5.82 Å². The van der Waals surface area contributed by atoms with Gasteiger partial charge in [-0.2, -0.15) is 4.98 Å². The van der Waals surface area contributed by atoms with Gasteiger partial charge in [0.15, 0.2) is 0 Å². The molecular weight excluding hydrogens is 300 g/mol. The molecule has 1 aromatic heterocycles. The summed E-state index contributed by atoms with van der Waals surface area (Å²) in [6.45, 7) is 2.96. The zero-order chi connectivity index (χ0) is 16.8. The van der Waals surface area contributed by atoms with Crippen LogP contribution in [0.3, 0.4) is 0 Å². The SMILES string of the molecule is CCc1ccc(Nc2nc(NCCCO)c3ccccc3n2)cc1. The fraction of sp³-hybridized carbons (Fsp3) is 0.263. The molecule has 0 aliphatic carbocycles. The number of fused-ring (bicyclic) bond motifs is 1. The molecule has 1 heterocycles. The lowest BCUT2D eigenvalue weighted by atomic mass is 10.1. The van der Waals surface area contributed by atoms with E-state index in [1.807, 2.05) is 36.4 Å². The fourth-order valence-corrected chi connectivity index (χ4v) is 2.51. The molecule has 5 nitrogen and oxygen atoms in total. The molecule has 0 saturated heterocycles. The largest absolute Gasteiger partial charge is 0.396 e. The van der Waals surface area contributed by atoms with E-state index in [9.17, 15) is 0 Å². The number of rotatable bonds is 7. The van der Waals surface area contributed by atoms with E-state index in [4.69, 9.17) is 5.11 Å². The Morgan fingerprint density at radius 3 is 2.54 bits per heavy atom. The van der Waals surface area contributed by atoms with Crippen molar-refractivity contribution in [3.63, 3.8) is 0 Å². The summed E-state index contributed by atoms with van der Waals surface area (Å²) in [4.78, 5) is 9.19. The highest BCUT2D eigenvalue weighted by atomic mass is 16.3. The molecule has 0 unspecified atom stereocenters. The lowest BCUT2D eigenvalue weighted by Gasteiger charge is -2.12. The van der Waals surface area contributed by atoms with Crippen LogP contribution in [0.4, 0.5) is 17.5 Å². The Balaban J connectivity index is 1.89. The first-order valence-corrected chi connectivity index (χ1v) is 8.27. The van der Waals surface area contributed by atoms with Crippen LogP contribution in [-0.2, 0) is 6.42 Å². The zero-order valence-electron chi connectivity index (χ0n) is 13.8. The molecule has 0 atom stereocenters. The van der Waals surface area contributed by atoms with E-state index >= 15 is 0 Å². The van der Waals surface area contributed by atoms with Gasteiger partial charge in [-0.1, -0.05) is 31.2 Å². The summed E-state index contributed by atoms with van der Waals surface area (Å²) in [5.74, 6) is 1.34. The molecule has 2 aromatic carbocycles. The monoisotopic (exact) mass is 322 g/mol. The third-order valence-electron chi connectivity index (χ3n) is 3.85. The highest BCUT2D eigenvalue weighted by molar-refractivity contribution is 5.90. The number of hydrogen-bond acceptors (Lipinski definition) is 5. The van der Waals surface area contributed by atoms with Gasteiger partial charge in [0.25, 0.3) is 0 Å². The Bertz CT molecular complexity index is 802. The molecule has 3 N–H and O–H groups in total. The van der Waals surface area contributed by atoms with Crippen LogP contribution in [0, 0.1) is 0 Å². The van der Waals surface area contributed by atoms with Crippen molar-refractivity contribution in [3.8, 4) is 0 Å². The molecule has 0 radical (unpaired) electrons. The molecule has 0 aliphatic rings. The summed E-state index contributed by atoms with van der Waals surface area (Å²) < 4.78 is 0. The molecule has 0 spiro atoms. The summed E-state index contributed by atoms with van der Waals surface area (Å²) in [5.41, 5.74) is 3.14. The summed E-state index contributed by atoms with van der Waals surface area (Å²) >= 11 is 0. The highest BCUT2D eigenvalue weighted by Gasteiger charge is 2.07. The number of aromatic nitrogens is 2. The quantitative estimate of drug-likeness (QED) is 0.578. The van der Waals surface area contributed by atoms with Gasteiger partial charge in [-0.25, -0.2) is 4.98 Å². The maximum absolute atomic E-state index is 8.96. The third kappa shape index (κ3) is 3.81. The van der Waals surface area contributed by atoms with Gasteiger partial charge in [0, 0.05) is 24.2 Å². The number of para-hydroxylation sites is 1. The molecule has 5 heteroatoms. The molecule has 0 saturated carbocycles. The minimum Gasteiger partial charge on any atom is -0.396 e. The smallest absolute Gasteiger partial charge is 0.229 e. The predicted molar refractivity (Wildman–Crippen MR) is 98.8 cm³/mol. The number of aliphatic hydroxyl groups excluding tert-OH is 1. The van der Waals surface area contributed by atoms with Crippen molar-refractivity contribution in [1.82, 2.24) is 9.97 Å². The summed E-state index contributed by atoms with van der Waals surface area (Å²) in [7, 11) is 0. The maximum Gasteiger partial charge on any atom is 0.229 e. The van der Waals surface area contributed by atoms with Crippen LogP contribution in [0.25, 0.3) is 10.9 Å². The summed E-state index contributed by atoms with van der Waals surface area (Å²) in [6.07, 6.45) is 1.70. The van der Waals surface area contributed by atoms with Crippen molar-refractivity contribution < 1.29 is 5.11 Å². The summed E-state index contributed by atoms with van der Waals surface area (Å²) in [6, 6.07) is 16.2. The zero-order valence-corrected chi connectivity index (χ0v) is 13.8. The molecule has 3 aromatic rings. The van der Waals surface area contributed by atoms with Crippen LogP contribution in [-0.4, -0.2) is 28.2 Å². The summed E-state index contributed by atoms with van der Waals surface area (Å²) in [5, 5.41) is 16.5. The van der Waals surface area contributed by atoms with Crippen molar-refractivity contribution >= 4 is 28.4 Å². The Morgan fingerprint density at radius 2 is 1.79 bits per heavy atom. The van der Waals surface area contributed by atoms with Crippen LogP contribution in [0.1, 0.15) is 18.9 Å². The highest BCUT2D eigenvalue weighted by Crippen LogP contribution is 2.23. The van der Waals surface area contributed by atoms with E-state index in [1.54, 1.807) is 0 Å². The van der Waals surface area contributed by atoms with Crippen LogP contribution in [0.5, 0.6) is 0 Å². The van der Waals surface area contributed by atoms with Crippen LogP contribution in [0.2, 0.25) is 0 Å². The average Bonchev–Trinajstić information content (AvgIpc) is 2.62. The van der Waals surface area contributed by atoms with Gasteiger partial charge in [-0.3, -0.25) is 0 Å². The van der Waals surface area contributed by atoms with Gasteiger partial charge in [0.05, 0.1) is 5.52 Å². The van der Waals surface area contributed by atoms with E-state index in [0.29, 0.717) is 18.9 Å². The Morgan fingerprint density at radius 1 is 1.00 bits per heavy atom. The first kappa shape index (κ1) is 16.2. The molecule has 0 fully saturated rings. The topological polar surface area (TPSA) is 70.1 Å². The number of nitrogens with zero attached hydrogens (tertiary/aromatic N) is 2. The second-order valence-electron chi connectivity index (χ2n) is 5.59. The van der Waals surface area contributed by atoms with Gasteiger partial charge in [-0.15, -0.1) is 0 Å². The van der Waals surface area contributed by atoms with Gasteiger partial charge in [0.2, 0.25) is 5.95 Å². The second kappa shape index (κ2) is 7.75. The maximum atomic E-state index is 8.96. The molecule has 124 valence electrons. The molecule has 0 aliphatic heterocycles. The van der Waals surface area contributed by atoms with Gasteiger partial charge >= 0.3 is 0 Å². The fourth-order valence-electron chi connectivity index (χ4n) is 2.51. The minimum atomic E-state index is 0.158. The predicted octanol–water partition coefficient (Wildman–Crippen LogP) is 3.73. The number of anilines is 3.